The molecular weight excluding hydrogens is 236 g/mol. The lowest BCUT2D eigenvalue weighted by molar-refractivity contribution is -0.233. The second-order valence-corrected chi connectivity index (χ2v) is 7.92. The van der Waals surface area contributed by atoms with Crippen molar-refractivity contribution in [1.29, 1.82) is 0 Å². The van der Waals surface area contributed by atoms with Gasteiger partial charge in [-0.15, -0.1) is 0 Å². The van der Waals surface area contributed by atoms with Crippen LogP contribution in [-0.2, 0) is 18.3 Å². The van der Waals surface area contributed by atoms with Crippen molar-refractivity contribution in [2.75, 3.05) is 19.8 Å². The zero-order chi connectivity index (χ0) is 12.7. The minimum absolute atomic E-state index is 0.0251. The van der Waals surface area contributed by atoms with Crippen LogP contribution in [0.3, 0.4) is 0 Å². The van der Waals surface area contributed by atoms with Crippen LogP contribution in [0.4, 0.5) is 0 Å². The van der Waals surface area contributed by atoms with Crippen LogP contribution in [0.15, 0.2) is 0 Å². The summed E-state index contributed by atoms with van der Waals surface area (Å²) in [6, 6.07) is 0.975. The normalized spacial score (nSPS) is 22.2. The van der Waals surface area contributed by atoms with E-state index in [1.807, 2.05) is 13.8 Å². The van der Waals surface area contributed by atoms with E-state index in [4.69, 9.17) is 18.3 Å². The van der Waals surface area contributed by atoms with Crippen LogP contribution in [0.2, 0.25) is 12.6 Å². The van der Waals surface area contributed by atoms with Crippen molar-refractivity contribution in [2.45, 2.75) is 58.6 Å². The highest BCUT2D eigenvalue weighted by molar-refractivity contribution is 6.66. The molecule has 1 aliphatic heterocycles. The summed E-state index contributed by atoms with van der Waals surface area (Å²) < 4.78 is 22.6. The lowest BCUT2D eigenvalue weighted by atomic mass is 10.3. The van der Waals surface area contributed by atoms with Gasteiger partial charge in [-0.05, 0) is 39.8 Å². The molecule has 1 fully saturated rings. The first kappa shape index (κ1) is 15.1. The highest BCUT2D eigenvalue weighted by Gasteiger charge is 2.31. The number of hydrogen-bond acceptors (Lipinski definition) is 4. The molecule has 1 rings (SSSR count). The molecule has 0 N–H and O–H groups in total. The minimum Gasteiger partial charge on any atom is -0.395 e. The minimum atomic E-state index is -1.98. The third kappa shape index (κ3) is 5.48. The van der Waals surface area contributed by atoms with Crippen molar-refractivity contribution in [3.8, 4) is 0 Å². The van der Waals surface area contributed by atoms with Gasteiger partial charge < -0.3 is 18.3 Å². The molecule has 17 heavy (non-hydrogen) atoms. The van der Waals surface area contributed by atoms with Crippen molar-refractivity contribution in [2.24, 2.45) is 0 Å². The monoisotopic (exact) mass is 262 g/mol. The Bertz CT molecular complexity index is 203. The van der Waals surface area contributed by atoms with Crippen molar-refractivity contribution in [3.63, 3.8) is 0 Å². The van der Waals surface area contributed by atoms with Gasteiger partial charge in [0.05, 0.1) is 12.7 Å². The van der Waals surface area contributed by atoms with E-state index in [0.717, 1.165) is 38.7 Å². The van der Waals surface area contributed by atoms with Gasteiger partial charge in [-0.3, -0.25) is 0 Å². The van der Waals surface area contributed by atoms with Crippen molar-refractivity contribution < 1.29 is 18.3 Å². The van der Waals surface area contributed by atoms with E-state index in [2.05, 4.69) is 13.5 Å². The summed E-state index contributed by atoms with van der Waals surface area (Å²) in [6.45, 7) is 10.6. The Kier molecular flexibility index (Phi) is 6.65. The largest absolute Gasteiger partial charge is 0.395 e. The average molecular weight is 262 g/mol. The Labute approximate surface area is 106 Å². The standard InChI is InChI=1S/C12H26O4Si/c1-5-14-17(4,15-6-2)10-8-11(3)16-12-7-9-13-12/h11-12H,5-10H2,1-4H3. The van der Waals surface area contributed by atoms with Gasteiger partial charge >= 0.3 is 8.56 Å². The van der Waals surface area contributed by atoms with Gasteiger partial charge in [-0.1, -0.05) is 0 Å². The zero-order valence-corrected chi connectivity index (χ0v) is 12.5. The SMILES string of the molecule is CCO[Si](C)(CCC(C)OC1CCO1)OCC. The Morgan fingerprint density at radius 2 is 1.88 bits per heavy atom. The van der Waals surface area contributed by atoms with Crippen molar-refractivity contribution in [3.05, 3.63) is 0 Å². The lowest BCUT2D eigenvalue weighted by Crippen LogP contribution is -2.40. The van der Waals surface area contributed by atoms with Crippen molar-refractivity contribution in [1.82, 2.24) is 0 Å². The second-order valence-electron chi connectivity index (χ2n) is 4.57. The summed E-state index contributed by atoms with van der Waals surface area (Å²) in [7, 11) is -1.98. The van der Waals surface area contributed by atoms with Gasteiger partial charge in [-0.25, -0.2) is 0 Å². The first-order valence-corrected chi connectivity index (χ1v) is 9.17. The Balaban J connectivity index is 2.23. The van der Waals surface area contributed by atoms with Crippen LogP contribution in [0, 0.1) is 0 Å². The van der Waals surface area contributed by atoms with Gasteiger partial charge in [-0.2, -0.15) is 0 Å². The summed E-state index contributed by atoms with van der Waals surface area (Å²) in [5.41, 5.74) is 0. The molecule has 4 nitrogen and oxygen atoms in total. The van der Waals surface area contributed by atoms with Gasteiger partial charge in [0.2, 0.25) is 0 Å². The molecule has 1 heterocycles. The summed E-state index contributed by atoms with van der Waals surface area (Å²) in [4.78, 5) is 0. The molecule has 2 atom stereocenters. The third-order valence-corrected chi connectivity index (χ3v) is 5.94. The molecule has 0 bridgehead atoms. The topological polar surface area (TPSA) is 36.9 Å². The Hall–Kier alpha value is 0.0569. The quantitative estimate of drug-likeness (QED) is 0.599. The fourth-order valence-corrected chi connectivity index (χ4v) is 4.43. The summed E-state index contributed by atoms with van der Waals surface area (Å²) >= 11 is 0. The zero-order valence-electron chi connectivity index (χ0n) is 11.5. The molecule has 0 saturated carbocycles. The fraction of sp³-hybridized carbons (Fsp3) is 1.00. The van der Waals surface area contributed by atoms with Crippen LogP contribution >= 0.6 is 0 Å². The van der Waals surface area contributed by atoms with Crippen LogP contribution in [0.25, 0.3) is 0 Å². The summed E-state index contributed by atoms with van der Waals surface area (Å²) in [5.74, 6) is 0. The summed E-state index contributed by atoms with van der Waals surface area (Å²) in [5, 5.41) is 0. The van der Waals surface area contributed by atoms with Crippen LogP contribution < -0.4 is 0 Å². The molecule has 0 spiro atoms. The van der Waals surface area contributed by atoms with Crippen LogP contribution in [0.5, 0.6) is 0 Å². The third-order valence-electron chi connectivity index (χ3n) is 2.95. The average Bonchev–Trinajstić information content (AvgIpc) is 2.22. The van der Waals surface area contributed by atoms with E-state index in [9.17, 15) is 0 Å². The molecule has 5 heteroatoms. The molecule has 0 aromatic carbocycles. The van der Waals surface area contributed by atoms with Crippen molar-refractivity contribution >= 4 is 8.56 Å². The van der Waals surface area contributed by atoms with Crippen LogP contribution in [0.1, 0.15) is 33.6 Å². The van der Waals surface area contributed by atoms with Crippen LogP contribution in [-0.4, -0.2) is 40.8 Å². The van der Waals surface area contributed by atoms with E-state index in [-0.39, 0.29) is 12.4 Å². The van der Waals surface area contributed by atoms with Gasteiger partial charge in [0.25, 0.3) is 0 Å². The molecule has 0 radical (unpaired) electrons. The van der Waals surface area contributed by atoms with E-state index in [0.29, 0.717) is 0 Å². The Morgan fingerprint density at radius 1 is 1.29 bits per heavy atom. The number of hydrogen-bond donors (Lipinski definition) is 0. The fourth-order valence-electron chi connectivity index (χ4n) is 1.91. The molecule has 0 amide bonds. The van der Waals surface area contributed by atoms with E-state index >= 15 is 0 Å². The van der Waals surface area contributed by atoms with Gasteiger partial charge in [0, 0.05) is 19.6 Å². The molecule has 102 valence electrons. The molecule has 0 aromatic heterocycles. The Morgan fingerprint density at radius 3 is 2.29 bits per heavy atom. The second kappa shape index (κ2) is 7.48. The van der Waals surface area contributed by atoms with Gasteiger partial charge in [0.1, 0.15) is 0 Å². The van der Waals surface area contributed by atoms with E-state index < -0.39 is 8.56 Å². The highest BCUT2D eigenvalue weighted by atomic mass is 28.4. The molecular formula is C12H26O4Si. The highest BCUT2D eigenvalue weighted by Crippen LogP contribution is 2.21. The molecule has 1 saturated heterocycles. The predicted molar refractivity (Wildman–Crippen MR) is 69.2 cm³/mol. The lowest BCUT2D eigenvalue weighted by Gasteiger charge is -2.31. The molecule has 0 aliphatic carbocycles. The first-order chi connectivity index (χ1) is 8.09. The number of ether oxygens (including phenoxy) is 2. The smallest absolute Gasteiger partial charge is 0.335 e. The number of rotatable bonds is 9. The molecule has 0 aromatic rings. The molecule has 2 unspecified atom stereocenters. The van der Waals surface area contributed by atoms with Gasteiger partial charge in [0.15, 0.2) is 6.29 Å². The van der Waals surface area contributed by atoms with E-state index in [1.54, 1.807) is 0 Å². The molecule has 1 aliphatic rings. The maximum Gasteiger partial charge on any atom is 0.335 e. The van der Waals surface area contributed by atoms with E-state index in [1.165, 1.54) is 0 Å². The maximum absolute atomic E-state index is 5.80. The predicted octanol–water partition coefficient (Wildman–Crippen LogP) is 2.67. The summed E-state index contributed by atoms with van der Waals surface area (Å²) in [6.07, 6.45) is 2.24. The first-order valence-electron chi connectivity index (χ1n) is 6.64. The maximum atomic E-state index is 5.80.